The van der Waals surface area contributed by atoms with Gasteiger partial charge in [0.2, 0.25) is 0 Å². The Balaban J connectivity index is 1.17. The summed E-state index contributed by atoms with van der Waals surface area (Å²) in [5.41, 5.74) is 1.50. The van der Waals surface area contributed by atoms with E-state index < -0.39 is 0 Å². The van der Waals surface area contributed by atoms with Gasteiger partial charge in [-0.15, -0.1) is 11.8 Å². The van der Waals surface area contributed by atoms with Crippen molar-refractivity contribution in [3.05, 3.63) is 29.8 Å². The van der Waals surface area contributed by atoms with Gasteiger partial charge < -0.3 is 10.1 Å². The Bertz CT molecular complexity index is 710. The quantitative estimate of drug-likeness (QED) is 0.492. The van der Waals surface area contributed by atoms with E-state index in [1.807, 2.05) is 0 Å². The number of rotatable bonds is 8. The van der Waals surface area contributed by atoms with Crippen molar-refractivity contribution in [1.29, 1.82) is 0 Å². The first-order valence-electron chi connectivity index (χ1n) is 11.1. The first kappa shape index (κ1) is 20.8. The summed E-state index contributed by atoms with van der Waals surface area (Å²) in [6.07, 6.45) is 8.30. The first-order valence-corrected chi connectivity index (χ1v) is 12.0. The highest BCUT2D eigenvalue weighted by Gasteiger charge is 2.53. The lowest BCUT2D eigenvalue weighted by atomic mass is 9.48. The van der Waals surface area contributed by atoms with E-state index in [0.29, 0.717) is 12.2 Å². The second-order valence-corrected chi connectivity index (χ2v) is 10.8. The topological polar surface area (TPSA) is 55.4 Å². The molecule has 4 aliphatic carbocycles. The normalized spacial score (nSPS) is 30.8. The molecule has 1 aromatic rings. The molecule has 0 saturated heterocycles. The minimum absolute atomic E-state index is 0.159. The summed E-state index contributed by atoms with van der Waals surface area (Å²) in [5, 5.41) is 3.16. The summed E-state index contributed by atoms with van der Waals surface area (Å²) >= 11 is 1.63. The summed E-state index contributed by atoms with van der Waals surface area (Å²) in [6.45, 7) is 4.05. The number of hydrogen-bond donors (Lipinski definition) is 1. The second-order valence-electron chi connectivity index (χ2n) is 9.64. The standard InChI is InChI=1S/C24H33NO3S/c1-16-3-5-21(6-4-16)29-8-7-23(27)28-15-22(26)25-17(2)24-12-18-9-19(13-24)11-20(10-18)14-24/h3-6,17-20H,7-15H2,1-2H3,(H,25,26). The molecule has 0 heterocycles. The van der Waals surface area contributed by atoms with Crippen LogP contribution in [0.1, 0.15) is 57.4 Å². The van der Waals surface area contributed by atoms with Crippen molar-refractivity contribution in [3.63, 3.8) is 0 Å². The number of carbonyl (C=O) groups excluding carboxylic acids is 2. The summed E-state index contributed by atoms with van der Waals surface area (Å²) < 4.78 is 5.22. The SMILES string of the molecule is Cc1ccc(SCCC(=O)OCC(=O)NC(C)C23CC4CC(CC(C4)C2)C3)cc1. The number of benzene rings is 1. The predicted octanol–water partition coefficient (Wildman–Crippen LogP) is 4.74. The smallest absolute Gasteiger partial charge is 0.307 e. The largest absolute Gasteiger partial charge is 0.456 e. The molecule has 5 heteroatoms. The van der Waals surface area contributed by atoms with Crippen LogP contribution in [-0.2, 0) is 14.3 Å². The van der Waals surface area contributed by atoms with E-state index in [0.717, 1.165) is 22.6 Å². The Hall–Kier alpha value is -1.49. The summed E-state index contributed by atoms with van der Waals surface area (Å²) in [7, 11) is 0. The van der Waals surface area contributed by atoms with Crippen molar-refractivity contribution in [2.45, 2.75) is 69.7 Å². The molecule has 0 aliphatic heterocycles. The maximum atomic E-state index is 12.4. The van der Waals surface area contributed by atoms with Gasteiger partial charge in [-0.25, -0.2) is 0 Å². The molecule has 1 N–H and O–H groups in total. The number of nitrogens with one attached hydrogen (secondary N) is 1. The Morgan fingerprint density at radius 2 is 1.69 bits per heavy atom. The molecule has 1 amide bonds. The van der Waals surface area contributed by atoms with Crippen molar-refractivity contribution in [3.8, 4) is 0 Å². The highest BCUT2D eigenvalue weighted by Crippen LogP contribution is 2.61. The third-order valence-corrected chi connectivity index (χ3v) is 8.36. The van der Waals surface area contributed by atoms with Crippen molar-refractivity contribution in [1.82, 2.24) is 5.32 Å². The number of thioether (sulfide) groups is 1. The van der Waals surface area contributed by atoms with E-state index >= 15 is 0 Å². The van der Waals surface area contributed by atoms with Crippen LogP contribution in [0, 0.1) is 30.1 Å². The van der Waals surface area contributed by atoms with E-state index in [9.17, 15) is 9.59 Å². The molecule has 5 rings (SSSR count). The van der Waals surface area contributed by atoms with E-state index in [-0.39, 0.29) is 29.9 Å². The van der Waals surface area contributed by atoms with Gasteiger partial charge in [-0.3, -0.25) is 9.59 Å². The highest BCUT2D eigenvalue weighted by atomic mass is 32.2. The van der Waals surface area contributed by atoms with Gasteiger partial charge in [-0.2, -0.15) is 0 Å². The number of esters is 1. The number of ether oxygens (including phenoxy) is 1. The number of carbonyl (C=O) groups is 2. The molecule has 1 atom stereocenters. The number of aryl methyl sites for hydroxylation is 1. The highest BCUT2D eigenvalue weighted by molar-refractivity contribution is 7.99. The van der Waals surface area contributed by atoms with Crippen molar-refractivity contribution >= 4 is 23.6 Å². The Kier molecular flexibility index (Phi) is 6.24. The van der Waals surface area contributed by atoms with Crippen molar-refractivity contribution in [2.75, 3.05) is 12.4 Å². The molecule has 0 spiro atoms. The Labute approximate surface area is 178 Å². The Morgan fingerprint density at radius 1 is 1.10 bits per heavy atom. The van der Waals surface area contributed by atoms with Crippen LogP contribution in [-0.4, -0.2) is 30.3 Å². The van der Waals surface area contributed by atoms with E-state index in [1.54, 1.807) is 11.8 Å². The monoisotopic (exact) mass is 415 g/mol. The fraction of sp³-hybridized carbons (Fsp3) is 0.667. The Morgan fingerprint density at radius 3 is 2.28 bits per heavy atom. The summed E-state index contributed by atoms with van der Waals surface area (Å²) in [6, 6.07) is 8.42. The molecule has 0 radical (unpaired) electrons. The fourth-order valence-electron chi connectivity index (χ4n) is 6.25. The third kappa shape index (κ3) is 4.99. The average Bonchev–Trinajstić information content (AvgIpc) is 2.67. The molecule has 1 unspecified atom stereocenters. The van der Waals surface area contributed by atoms with Crippen LogP contribution in [0.15, 0.2) is 29.2 Å². The van der Waals surface area contributed by atoms with Gasteiger partial charge in [-0.05, 0) is 87.7 Å². The van der Waals surface area contributed by atoms with Gasteiger partial charge in [0.15, 0.2) is 6.61 Å². The van der Waals surface area contributed by atoms with Gasteiger partial charge in [-0.1, -0.05) is 17.7 Å². The van der Waals surface area contributed by atoms with Crippen LogP contribution >= 0.6 is 11.8 Å². The first-order chi connectivity index (χ1) is 13.9. The average molecular weight is 416 g/mol. The molecular formula is C24H33NO3S. The predicted molar refractivity (Wildman–Crippen MR) is 116 cm³/mol. The second kappa shape index (κ2) is 8.71. The molecule has 4 bridgehead atoms. The molecule has 4 aliphatic rings. The van der Waals surface area contributed by atoms with E-state index in [1.165, 1.54) is 44.1 Å². The zero-order valence-electron chi connectivity index (χ0n) is 17.6. The molecule has 4 nitrogen and oxygen atoms in total. The van der Waals surface area contributed by atoms with Crippen molar-refractivity contribution in [2.24, 2.45) is 23.2 Å². The maximum absolute atomic E-state index is 12.4. The van der Waals surface area contributed by atoms with E-state index in [4.69, 9.17) is 4.74 Å². The van der Waals surface area contributed by atoms with Gasteiger partial charge in [0.1, 0.15) is 0 Å². The molecule has 1 aromatic carbocycles. The van der Waals surface area contributed by atoms with Crippen LogP contribution in [0.2, 0.25) is 0 Å². The molecule has 158 valence electrons. The lowest BCUT2D eigenvalue weighted by molar-refractivity contribution is -0.149. The minimum atomic E-state index is -0.304. The lowest BCUT2D eigenvalue weighted by Crippen LogP contribution is -2.56. The third-order valence-electron chi connectivity index (χ3n) is 7.34. The van der Waals surface area contributed by atoms with Gasteiger partial charge in [0.05, 0.1) is 6.42 Å². The van der Waals surface area contributed by atoms with Crippen LogP contribution in [0.5, 0.6) is 0 Å². The lowest BCUT2D eigenvalue weighted by Gasteiger charge is -2.59. The van der Waals surface area contributed by atoms with Crippen LogP contribution in [0.4, 0.5) is 0 Å². The molecule has 0 aromatic heterocycles. The van der Waals surface area contributed by atoms with Gasteiger partial charge >= 0.3 is 5.97 Å². The number of amides is 1. The van der Waals surface area contributed by atoms with Crippen LogP contribution in [0.3, 0.4) is 0 Å². The van der Waals surface area contributed by atoms with E-state index in [2.05, 4.69) is 43.4 Å². The maximum Gasteiger partial charge on any atom is 0.307 e. The number of hydrogen-bond acceptors (Lipinski definition) is 4. The molecule has 29 heavy (non-hydrogen) atoms. The molecular weight excluding hydrogens is 382 g/mol. The summed E-state index contributed by atoms with van der Waals surface area (Å²) in [5.74, 6) is 2.79. The fourth-order valence-corrected chi connectivity index (χ4v) is 7.08. The molecule has 4 saturated carbocycles. The molecule has 4 fully saturated rings. The van der Waals surface area contributed by atoms with Gasteiger partial charge in [0.25, 0.3) is 5.91 Å². The zero-order chi connectivity index (χ0) is 20.4. The van der Waals surface area contributed by atoms with Gasteiger partial charge in [0, 0.05) is 16.7 Å². The zero-order valence-corrected chi connectivity index (χ0v) is 18.4. The van der Waals surface area contributed by atoms with Crippen LogP contribution in [0.25, 0.3) is 0 Å². The minimum Gasteiger partial charge on any atom is -0.456 e. The van der Waals surface area contributed by atoms with Crippen molar-refractivity contribution < 1.29 is 14.3 Å². The summed E-state index contributed by atoms with van der Waals surface area (Å²) in [4.78, 5) is 25.5. The van der Waals surface area contributed by atoms with Crippen LogP contribution < -0.4 is 5.32 Å².